The van der Waals surface area contributed by atoms with Gasteiger partial charge >= 0.3 is 0 Å². The molecule has 0 aromatic carbocycles. The molecular weight excluding hydrogens is 310 g/mol. The average Bonchev–Trinajstić information content (AvgIpc) is 2.39. The summed E-state index contributed by atoms with van der Waals surface area (Å²) in [5.41, 5.74) is 0.963. The number of piperidine rings is 1. The van der Waals surface area contributed by atoms with Crippen molar-refractivity contribution in [2.45, 2.75) is 38.3 Å². The first-order chi connectivity index (χ1) is 9.94. The van der Waals surface area contributed by atoms with Gasteiger partial charge in [-0.05, 0) is 37.9 Å². The first-order valence-electron chi connectivity index (χ1n) is 7.24. The van der Waals surface area contributed by atoms with E-state index < -0.39 is 10.0 Å². The first-order valence-corrected chi connectivity index (χ1v) is 9.51. The summed E-state index contributed by atoms with van der Waals surface area (Å²) >= 11 is 5.93. The maximum absolute atomic E-state index is 11.1. The van der Waals surface area contributed by atoms with Gasteiger partial charge in [0.2, 0.25) is 10.0 Å². The number of halogens is 1. The fraction of sp³-hybridized carbons (Fsp3) is 0.643. The maximum Gasteiger partial charge on any atom is 0.208 e. The number of pyridine rings is 1. The monoisotopic (exact) mass is 331 g/mol. The van der Waals surface area contributed by atoms with E-state index in [1.165, 1.54) is 19.1 Å². The largest absolute Gasteiger partial charge is 0.295 e. The van der Waals surface area contributed by atoms with Crippen molar-refractivity contribution in [1.82, 2.24) is 14.6 Å². The summed E-state index contributed by atoms with van der Waals surface area (Å²) in [6.45, 7) is 2.28. The highest BCUT2D eigenvalue weighted by molar-refractivity contribution is 7.88. The van der Waals surface area contributed by atoms with Crippen LogP contribution in [-0.4, -0.2) is 43.7 Å². The molecule has 2 heterocycles. The van der Waals surface area contributed by atoms with Gasteiger partial charge in [0, 0.05) is 19.1 Å². The number of nitrogens with one attached hydrogen (secondary N) is 1. The minimum atomic E-state index is -3.11. The van der Waals surface area contributed by atoms with Gasteiger partial charge < -0.3 is 0 Å². The highest BCUT2D eigenvalue weighted by atomic mass is 35.5. The average molecular weight is 332 g/mol. The number of nitrogens with zero attached hydrogens (tertiary/aromatic N) is 2. The van der Waals surface area contributed by atoms with Crippen molar-refractivity contribution in [3.8, 4) is 0 Å². The molecule has 0 spiro atoms. The lowest BCUT2D eigenvalue weighted by atomic mass is 9.99. The zero-order valence-corrected chi connectivity index (χ0v) is 13.8. The molecular formula is C14H22ClN3O2S. The summed E-state index contributed by atoms with van der Waals surface area (Å²) in [6, 6.07) is 6.06. The third kappa shape index (κ3) is 5.90. The van der Waals surface area contributed by atoms with Gasteiger partial charge in [0.25, 0.3) is 0 Å². The van der Waals surface area contributed by atoms with Crippen molar-refractivity contribution >= 4 is 21.6 Å². The first kappa shape index (κ1) is 16.7. The second-order valence-corrected chi connectivity index (χ2v) is 7.75. The standard InChI is InChI=1S/C14H22ClN3O2S/c1-21(19,20)16-9-8-13-6-2-3-10-18(13)11-12-5-4-7-14(15)17-12/h4-5,7,13,16H,2-3,6,8-11H2,1H3. The topological polar surface area (TPSA) is 62.3 Å². The van der Waals surface area contributed by atoms with Crippen LogP contribution < -0.4 is 4.72 Å². The molecule has 1 N–H and O–H groups in total. The summed E-state index contributed by atoms with van der Waals surface area (Å²) in [5.74, 6) is 0. The van der Waals surface area contributed by atoms with Crippen LogP contribution in [-0.2, 0) is 16.6 Å². The van der Waals surface area contributed by atoms with Gasteiger partial charge in [0.15, 0.2) is 0 Å². The fourth-order valence-electron chi connectivity index (χ4n) is 2.75. The molecule has 1 fully saturated rings. The maximum atomic E-state index is 11.1. The normalized spacial score (nSPS) is 20.6. The third-order valence-electron chi connectivity index (χ3n) is 3.73. The Kier molecular flexibility index (Phi) is 5.98. The molecule has 0 amide bonds. The van der Waals surface area contributed by atoms with Crippen molar-refractivity contribution in [1.29, 1.82) is 0 Å². The van der Waals surface area contributed by atoms with Crippen LogP contribution in [0.1, 0.15) is 31.4 Å². The van der Waals surface area contributed by atoms with Crippen LogP contribution in [0.25, 0.3) is 0 Å². The molecule has 118 valence electrons. The van der Waals surface area contributed by atoms with E-state index in [4.69, 9.17) is 11.6 Å². The summed E-state index contributed by atoms with van der Waals surface area (Å²) in [6.07, 6.45) is 5.50. The lowest BCUT2D eigenvalue weighted by molar-refractivity contribution is 0.131. The molecule has 0 radical (unpaired) electrons. The highest BCUT2D eigenvalue weighted by Gasteiger charge is 2.22. The van der Waals surface area contributed by atoms with E-state index >= 15 is 0 Å². The Morgan fingerprint density at radius 2 is 2.24 bits per heavy atom. The zero-order valence-electron chi connectivity index (χ0n) is 12.3. The Balaban J connectivity index is 1.92. The second-order valence-electron chi connectivity index (χ2n) is 5.53. The van der Waals surface area contributed by atoms with Crippen LogP contribution in [0.2, 0.25) is 5.15 Å². The number of hydrogen-bond acceptors (Lipinski definition) is 4. The molecule has 0 aliphatic carbocycles. The number of hydrogen-bond donors (Lipinski definition) is 1. The third-order valence-corrected chi connectivity index (χ3v) is 4.67. The molecule has 1 aliphatic rings. The molecule has 0 bridgehead atoms. The fourth-order valence-corrected chi connectivity index (χ4v) is 3.42. The van der Waals surface area contributed by atoms with Gasteiger partial charge in [0.1, 0.15) is 5.15 Å². The van der Waals surface area contributed by atoms with Gasteiger partial charge in [-0.15, -0.1) is 0 Å². The molecule has 1 saturated heterocycles. The Hall–Kier alpha value is -0.690. The van der Waals surface area contributed by atoms with Crippen LogP contribution in [0.4, 0.5) is 0 Å². The van der Waals surface area contributed by atoms with Crippen LogP contribution in [0.5, 0.6) is 0 Å². The van der Waals surface area contributed by atoms with Crippen molar-refractivity contribution in [3.05, 3.63) is 29.0 Å². The Labute approximate surface area is 131 Å². The molecule has 21 heavy (non-hydrogen) atoms. The summed E-state index contributed by atoms with van der Waals surface area (Å²) < 4.78 is 24.8. The van der Waals surface area contributed by atoms with Gasteiger partial charge in [-0.25, -0.2) is 18.1 Å². The molecule has 1 aromatic rings. The molecule has 1 aliphatic heterocycles. The van der Waals surface area contributed by atoms with Gasteiger partial charge in [-0.2, -0.15) is 0 Å². The number of sulfonamides is 1. The molecule has 2 rings (SSSR count). The Morgan fingerprint density at radius 3 is 2.95 bits per heavy atom. The van der Waals surface area contributed by atoms with E-state index in [0.29, 0.717) is 17.7 Å². The molecule has 7 heteroatoms. The minimum Gasteiger partial charge on any atom is -0.295 e. The zero-order chi connectivity index (χ0) is 15.3. The predicted octanol–water partition coefficient (Wildman–Crippen LogP) is 2.03. The number of rotatable bonds is 6. The van der Waals surface area contributed by atoms with Crippen molar-refractivity contribution in [2.75, 3.05) is 19.3 Å². The molecule has 5 nitrogen and oxygen atoms in total. The van der Waals surface area contributed by atoms with Crippen molar-refractivity contribution in [3.63, 3.8) is 0 Å². The Morgan fingerprint density at radius 1 is 1.43 bits per heavy atom. The number of aromatic nitrogens is 1. The minimum absolute atomic E-state index is 0.397. The lowest BCUT2D eigenvalue weighted by Gasteiger charge is -2.35. The second kappa shape index (κ2) is 7.54. The van der Waals surface area contributed by atoms with E-state index in [9.17, 15) is 8.42 Å². The highest BCUT2D eigenvalue weighted by Crippen LogP contribution is 2.21. The van der Waals surface area contributed by atoms with Gasteiger partial charge in [0.05, 0.1) is 11.9 Å². The van der Waals surface area contributed by atoms with Gasteiger partial charge in [-0.1, -0.05) is 24.1 Å². The van der Waals surface area contributed by atoms with E-state index in [1.807, 2.05) is 12.1 Å². The van der Waals surface area contributed by atoms with Crippen LogP contribution in [0, 0.1) is 0 Å². The van der Waals surface area contributed by atoms with Crippen LogP contribution in [0.3, 0.4) is 0 Å². The van der Waals surface area contributed by atoms with Crippen LogP contribution in [0.15, 0.2) is 18.2 Å². The summed E-state index contributed by atoms with van der Waals surface area (Å²) in [5, 5.41) is 0.514. The number of likely N-dealkylation sites (tertiary alicyclic amines) is 1. The van der Waals surface area contributed by atoms with E-state index in [0.717, 1.165) is 31.6 Å². The SMILES string of the molecule is CS(=O)(=O)NCCC1CCCCN1Cc1cccc(Cl)n1. The predicted molar refractivity (Wildman–Crippen MR) is 84.8 cm³/mol. The van der Waals surface area contributed by atoms with Crippen molar-refractivity contribution < 1.29 is 8.42 Å². The lowest BCUT2D eigenvalue weighted by Crippen LogP contribution is -2.41. The Bertz CT molecular complexity index is 565. The van der Waals surface area contributed by atoms with E-state index in [2.05, 4.69) is 14.6 Å². The smallest absolute Gasteiger partial charge is 0.208 e. The van der Waals surface area contributed by atoms with Gasteiger partial charge in [-0.3, -0.25) is 4.90 Å². The van der Waals surface area contributed by atoms with E-state index in [1.54, 1.807) is 6.07 Å². The van der Waals surface area contributed by atoms with Crippen LogP contribution >= 0.6 is 11.6 Å². The van der Waals surface area contributed by atoms with Crippen molar-refractivity contribution in [2.24, 2.45) is 0 Å². The summed E-state index contributed by atoms with van der Waals surface area (Å²) in [4.78, 5) is 6.71. The molecule has 0 saturated carbocycles. The molecule has 1 aromatic heterocycles. The quantitative estimate of drug-likeness (QED) is 0.810. The van der Waals surface area contributed by atoms with E-state index in [-0.39, 0.29) is 0 Å². The molecule has 1 atom stereocenters. The summed E-state index contributed by atoms with van der Waals surface area (Å²) in [7, 11) is -3.11. The molecule has 1 unspecified atom stereocenters.